The number of likely N-dealkylation sites (tertiary alicyclic amines) is 2. The summed E-state index contributed by atoms with van der Waals surface area (Å²) in [4.78, 5) is 26.6. The Morgan fingerprint density at radius 2 is 2.10 bits per heavy atom. The van der Waals surface area contributed by atoms with Crippen LogP contribution in [0.15, 0.2) is 0 Å². The van der Waals surface area contributed by atoms with Crippen molar-refractivity contribution in [3.63, 3.8) is 0 Å². The van der Waals surface area contributed by atoms with E-state index in [9.17, 15) is 14.7 Å². The Hall–Kier alpha value is -1.34. The summed E-state index contributed by atoms with van der Waals surface area (Å²) in [5.74, 6) is -1.06. The van der Waals surface area contributed by atoms with Crippen molar-refractivity contribution in [2.75, 3.05) is 26.7 Å². The lowest BCUT2D eigenvalue weighted by Gasteiger charge is -2.33. The third kappa shape index (κ3) is 3.40. The summed E-state index contributed by atoms with van der Waals surface area (Å²) in [5, 5.41) is 21.4. The molecule has 0 bridgehead atoms. The minimum atomic E-state index is -1.06. The molecule has 2 aliphatic heterocycles. The molecule has 3 atom stereocenters. The fraction of sp³-hybridized carbons (Fsp3) is 0.846. The topological polar surface area (TPSA) is 93.1 Å². The summed E-state index contributed by atoms with van der Waals surface area (Å²) in [5.41, 5.74) is 0. The maximum absolute atomic E-state index is 12.1. The lowest BCUT2D eigenvalue weighted by atomic mass is 10.0. The van der Waals surface area contributed by atoms with E-state index in [1.54, 1.807) is 0 Å². The highest BCUT2D eigenvalue weighted by molar-refractivity contribution is 5.83. The predicted octanol–water partition coefficient (Wildman–Crippen LogP) is -0.300. The van der Waals surface area contributed by atoms with Gasteiger partial charge in [0.15, 0.2) is 0 Å². The number of aliphatic carboxylic acids is 1. The number of rotatable bonds is 3. The molecular weight excluding hydrogens is 262 g/mol. The first-order chi connectivity index (χ1) is 9.49. The van der Waals surface area contributed by atoms with Crippen LogP contribution in [0.5, 0.6) is 0 Å². The van der Waals surface area contributed by atoms with Gasteiger partial charge in [-0.1, -0.05) is 6.42 Å². The van der Waals surface area contributed by atoms with E-state index in [1.165, 1.54) is 11.3 Å². The Labute approximate surface area is 118 Å². The van der Waals surface area contributed by atoms with Gasteiger partial charge in [0.25, 0.3) is 0 Å². The number of carboxylic acid groups (broad SMARTS) is 1. The Bertz CT molecular complexity index is 377. The van der Waals surface area contributed by atoms with E-state index in [2.05, 4.69) is 10.2 Å². The van der Waals surface area contributed by atoms with Gasteiger partial charge in [0.05, 0.1) is 6.10 Å². The molecular formula is C13H23N3O4. The predicted molar refractivity (Wildman–Crippen MR) is 72.4 cm³/mol. The van der Waals surface area contributed by atoms with E-state index in [0.717, 1.165) is 19.4 Å². The summed E-state index contributed by atoms with van der Waals surface area (Å²) in [6, 6.07) is -1.01. The normalized spacial score (nSPS) is 31.3. The minimum Gasteiger partial charge on any atom is -0.480 e. The number of carboxylic acids is 1. The van der Waals surface area contributed by atoms with Crippen LogP contribution in [0.25, 0.3) is 0 Å². The molecule has 20 heavy (non-hydrogen) atoms. The maximum Gasteiger partial charge on any atom is 0.326 e. The first-order valence-electron chi connectivity index (χ1n) is 7.14. The minimum absolute atomic E-state index is 0.0866. The number of hydrogen-bond acceptors (Lipinski definition) is 4. The standard InChI is InChI=1S/C13H23N3O4/c1-15-5-3-2-4-9(15)7-14-13(20)16-8-10(17)6-11(16)12(18)19/h9-11,17H,2-8H2,1H3,(H,14,20)(H,18,19)/t9?,10?,11-/m0/s1. The Kier molecular flexibility index (Phi) is 4.82. The molecule has 114 valence electrons. The van der Waals surface area contributed by atoms with E-state index in [1.807, 2.05) is 7.05 Å². The number of aliphatic hydroxyl groups excluding tert-OH is 1. The van der Waals surface area contributed by atoms with E-state index in [4.69, 9.17) is 5.11 Å². The smallest absolute Gasteiger partial charge is 0.326 e. The summed E-state index contributed by atoms with van der Waals surface area (Å²) in [6.07, 6.45) is 2.73. The van der Waals surface area contributed by atoms with Crippen LogP contribution in [0, 0.1) is 0 Å². The molecule has 2 rings (SSSR count). The van der Waals surface area contributed by atoms with Crippen molar-refractivity contribution in [1.29, 1.82) is 0 Å². The summed E-state index contributed by atoms with van der Waals surface area (Å²) in [6.45, 7) is 1.64. The van der Waals surface area contributed by atoms with Crippen molar-refractivity contribution in [1.82, 2.24) is 15.1 Å². The van der Waals surface area contributed by atoms with Crippen LogP contribution in [0.3, 0.4) is 0 Å². The van der Waals surface area contributed by atoms with Crippen LogP contribution < -0.4 is 5.32 Å². The van der Waals surface area contributed by atoms with Crippen LogP contribution in [0.1, 0.15) is 25.7 Å². The molecule has 0 aromatic heterocycles. The molecule has 2 aliphatic rings. The number of hydrogen-bond donors (Lipinski definition) is 3. The van der Waals surface area contributed by atoms with E-state index >= 15 is 0 Å². The lowest BCUT2D eigenvalue weighted by molar-refractivity contribution is -0.141. The number of carbonyl (C=O) groups is 2. The monoisotopic (exact) mass is 285 g/mol. The number of β-amino-alcohol motifs (C(OH)–C–C–N with tert-alkyl or cyclic N) is 1. The van der Waals surface area contributed by atoms with Gasteiger partial charge in [-0.05, 0) is 26.4 Å². The number of carbonyl (C=O) groups excluding carboxylic acids is 1. The summed E-state index contributed by atoms with van der Waals surface area (Å²) >= 11 is 0. The zero-order valence-corrected chi connectivity index (χ0v) is 11.8. The van der Waals surface area contributed by atoms with Gasteiger partial charge in [0.1, 0.15) is 6.04 Å². The number of urea groups is 1. The van der Waals surface area contributed by atoms with Gasteiger partial charge in [-0.3, -0.25) is 0 Å². The van der Waals surface area contributed by atoms with Gasteiger partial charge in [-0.2, -0.15) is 0 Å². The van der Waals surface area contributed by atoms with Crippen LogP contribution in [0.2, 0.25) is 0 Å². The molecule has 0 radical (unpaired) electrons. The zero-order chi connectivity index (χ0) is 14.7. The molecule has 0 saturated carbocycles. The SMILES string of the molecule is CN1CCCCC1CNC(=O)N1CC(O)C[C@H]1C(=O)O. The third-order valence-corrected chi connectivity index (χ3v) is 4.24. The molecule has 2 amide bonds. The molecule has 7 heteroatoms. The number of nitrogens with zero attached hydrogens (tertiary/aromatic N) is 2. The average Bonchev–Trinajstić information content (AvgIpc) is 2.80. The first kappa shape index (κ1) is 15.1. The number of amides is 2. The fourth-order valence-electron chi connectivity index (χ4n) is 2.98. The van der Waals surface area contributed by atoms with Crippen LogP contribution in [-0.2, 0) is 4.79 Å². The Balaban J connectivity index is 1.86. The van der Waals surface area contributed by atoms with Crippen molar-refractivity contribution in [2.45, 2.75) is 43.9 Å². The molecule has 0 aromatic carbocycles. The van der Waals surface area contributed by atoms with Gasteiger partial charge in [0, 0.05) is 25.6 Å². The van der Waals surface area contributed by atoms with Crippen LogP contribution in [0.4, 0.5) is 4.79 Å². The van der Waals surface area contributed by atoms with E-state index < -0.39 is 24.1 Å². The van der Waals surface area contributed by atoms with Gasteiger partial charge < -0.3 is 25.3 Å². The third-order valence-electron chi connectivity index (χ3n) is 4.24. The van der Waals surface area contributed by atoms with Crippen molar-refractivity contribution < 1.29 is 19.8 Å². The number of piperidine rings is 1. The molecule has 3 N–H and O–H groups in total. The number of likely N-dealkylation sites (N-methyl/N-ethyl adjacent to an activating group) is 1. The zero-order valence-electron chi connectivity index (χ0n) is 11.8. The van der Waals surface area contributed by atoms with Crippen LogP contribution in [-0.4, -0.2) is 76.9 Å². The van der Waals surface area contributed by atoms with Crippen molar-refractivity contribution in [3.05, 3.63) is 0 Å². The van der Waals surface area contributed by atoms with Crippen LogP contribution >= 0.6 is 0 Å². The molecule has 2 saturated heterocycles. The highest BCUT2D eigenvalue weighted by Crippen LogP contribution is 2.19. The fourth-order valence-corrected chi connectivity index (χ4v) is 2.98. The lowest BCUT2D eigenvalue weighted by Crippen LogP contribution is -2.50. The number of aliphatic hydroxyl groups is 1. The van der Waals surface area contributed by atoms with Gasteiger partial charge in [-0.25, -0.2) is 9.59 Å². The maximum atomic E-state index is 12.1. The molecule has 0 aliphatic carbocycles. The number of nitrogens with one attached hydrogen (secondary N) is 1. The van der Waals surface area contributed by atoms with Crippen molar-refractivity contribution in [3.8, 4) is 0 Å². The largest absolute Gasteiger partial charge is 0.480 e. The van der Waals surface area contributed by atoms with E-state index in [-0.39, 0.29) is 13.0 Å². The Morgan fingerprint density at radius 3 is 2.75 bits per heavy atom. The highest BCUT2D eigenvalue weighted by Gasteiger charge is 2.39. The molecule has 2 fully saturated rings. The highest BCUT2D eigenvalue weighted by atomic mass is 16.4. The average molecular weight is 285 g/mol. The molecule has 2 unspecified atom stereocenters. The second-order valence-electron chi connectivity index (χ2n) is 5.71. The van der Waals surface area contributed by atoms with Gasteiger partial charge in [-0.15, -0.1) is 0 Å². The summed E-state index contributed by atoms with van der Waals surface area (Å²) < 4.78 is 0. The second kappa shape index (κ2) is 6.41. The second-order valence-corrected chi connectivity index (χ2v) is 5.71. The molecule has 2 heterocycles. The van der Waals surface area contributed by atoms with Crippen molar-refractivity contribution in [2.24, 2.45) is 0 Å². The first-order valence-corrected chi connectivity index (χ1v) is 7.14. The molecule has 0 aromatic rings. The summed E-state index contributed by atoms with van der Waals surface area (Å²) in [7, 11) is 2.04. The Morgan fingerprint density at radius 1 is 1.35 bits per heavy atom. The van der Waals surface area contributed by atoms with Gasteiger partial charge in [0.2, 0.25) is 0 Å². The van der Waals surface area contributed by atoms with Gasteiger partial charge >= 0.3 is 12.0 Å². The van der Waals surface area contributed by atoms with Crippen molar-refractivity contribution >= 4 is 12.0 Å². The van der Waals surface area contributed by atoms with E-state index in [0.29, 0.717) is 12.6 Å². The molecule has 7 nitrogen and oxygen atoms in total. The quantitative estimate of drug-likeness (QED) is 0.662. The molecule has 0 spiro atoms.